The zero-order chi connectivity index (χ0) is 9.84. The van der Waals surface area contributed by atoms with Crippen LogP contribution in [0.4, 0.5) is 9.59 Å². The van der Waals surface area contributed by atoms with E-state index in [1.807, 2.05) is 13.8 Å². The number of carbonyl (C=O) groups is 2. The van der Waals surface area contributed by atoms with Crippen LogP contribution in [0.2, 0.25) is 0 Å². The van der Waals surface area contributed by atoms with Gasteiger partial charge >= 0.3 is 6.09 Å². The Morgan fingerprint density at radius 3 is 2.85 bits per heavy atom. The van der Waals surface area contributed by atoms with Crippen molar-refractivity contribution in [2.24, 2.45) is 5.92 Å². The molecule has 1 aliphatic rings. The second kappa shape index (κ2) is 4.50. The Morgan fingerprint density at radius 1 is 1.69 bits per heavy atom. The number of thioether (sulfide) groups is 1. The minimum Gasteiger partial charge on any atom is -0.449 e. The number of hydrogen-bond donors (Lipinski definition) is 0. The molecular formula is C8H13NO3S. The molecule has 0 aliphatic carbocycles. The number of hydrogen-bond acceptors (Lipinski definition) is 4. The zero-order valence-corrected chi connectivity index (χ0v) is 8.60. The average molecular weight is 203 g/mol. The Kier molecular flexibility index (Phi) is 3.59. The molecule has 0 atom stereocenters. The lowest BCUT2D eigenvalue weighted by Crippen LogP contribution is -2.32. The first-order valence-electron chi connectivity index (χ1n) is 4.22. The van der Waals surface area contributed by atoms with Gasteiger partial charge in [0.15, 0.2) is 0 Å². The van der Waals surface area contributed by atoms with Crippen molar-refractivity contribution in [2.75, 3.05) is 18.9 Å². The predicted molar refractivity (Wildman–Crippen MR) is 50.7 cm³/mol. The predicted octanol–water partition coefficient (Wildman–Crippen LogP) is 1.95. The van der Waals surface area contributed by atoms with Crippen LogP contribution in [0.1, 0.15) is 13.8 Å². The van der Waals surface area contributed by atoms with Crippen molar-refractivity contribution < 1.29 is 14.3 Å². The minimum atomic E-state index is -0.510. The van der Waals surface area contributed by atoms with Crippen LogP contribution < -0.4 is 0 Å². The molecule has 0 unspecified atom stereocenters. The van der Waals surface area contributed by atoms with E-state index in [1.54, 1.807) is 0 Å². The van der Waals surface area contributed by atoms with Crippen molar-refractivity contribution >= 4 is 23.1 Å². The van der Waals surface area contributed by atoms with Crippen LogP contribution in [0.25, 0.3) is 0 Å². The molecule has 2 amide bonds. The lowest BCUT2D eigenvalue weighted by atomic mass is 10.2. The summed E-state index contributed by atoms with van der Waals surface area (Å²) < 4.78 is 4.91. The molecule has 5 heteroatoms. The third-order valence-electron chi connectivity index (χ3n) is 1.52. The molecule has 1 heterocycles. The van der Waals surface area contributed by atoms with E-state index in [0.717, 1.165) is 16.7 Å². The fourth-order valence-electron chi connectivity index (χ4n) is 0.875. The monoisotopic (exact) mass is 203 g/mol. The molecule has 1 rings (SSSR count). The fourth-order valence-corrected chi connectivity index (χ4v) is 1.65. The van der Waals surface area contributed by atoms with Gasteiger partial charge in [-0.25, -0.2) is 9.69 Å². The lowest BCUT2D eigenvalue weighted by molar-refractivity contribution is 0.107. The van der Waals surface area contributed by atoms with Crippen molar-refractivity contribution in [2.45, 2.75) is 13.8 Å². The molecule has 0 spiro atoms. The lowest BCUT2D eigenvalue weighted by Gasteiger charge is -2.13. The maximum Gasteiger partial charge on any atom is 0.417 e. The smallest absolute Gasteiger partial charge is 0.417 e. The SMILES string of the molecule is CC(C)COC(=O)N1CCSC1=O. The van der Waals surface area contributed by atoms with Crippen molar-refractivity contribution in [3.63, 3.8) is 0 Å². The first-order valence-corrected chi connectivity index (χ1v) is 5.21. The summed E-state index contributed by atoms with van der Waals surface area (Å²) in [6.07, 6.45) is -0.510. The summed E-state index contributed by atoms with van der Waals surface area (Å²) in [7, 11) is 0. The second-order valence-corrected chi connectivity index (χ2v) is 4.28. The number of rotatable bonds is 2. The highest BCUT2D eigenvalue weighted by atomic mass is 32.2. The molecule has 4 nitrogen and oxygen atoms in total. The summed E-state index contributed by atoms with van der Waals surface area (Å²) in [6.45, 7) is 4.75. The summed E-state index contributed by atoms with van der Waals surface area (Å²) in [5.74, 6) is 0.976. The van der Waals surface area contributed by atoms with Crippen molar-refractivity contribution in [3.05, 3.63) is 0 Å². The highest BCUT2D eigenvalue weighted by molar-refractivity contribution is 8.13. The van der Waals surface area contributed by atoms with Gasteiger partial charge in [0.1, 0.15) is 0 Å². The van der Waals surface area contributed by atoms with Gasteiger partial charge in [-0.1, -0.05) is 25.6 Å². The molecule has 0 aromatic heterocycles. The Balaban J connectivity index is 2.34. The molecule has 0 bridgehead atoms. The van der Waals surface area contributed by atoms with Gasteiger partial charge in [0.05, 0.1) is 6.61 Å². The first-order chi connectivity index (χ1) is 6.11. The number of amides is 2. The highest BCUT2D eigenvalue weighted by Gasteiger charge is 2.28. The molecule has 0 aromatic carbocycles. The van der Waals surface area contributed by atoms with Crippen LogP contribution in [0.5, 0.6) is 0 Å². The Hall–Kier alpha value is -0.710. The maximum absolute atomic E-state index is 11.2. The molecule has 0 N–H and O–H groups in total. The van der Waals surface area contributed by atoms with Crippen LogP contribution in [-0.2, 0) is 4.74 Å². The summed E-state index contributed by atoms with van der Waals surface area (Å²) in [6, 6.07) is 0. The van der Waals surface area contributed by atoms with E-state index < -0.39 is 6.09 Å². The molecule has 0 aromatic rings. The fraction of sp³-hybridized carbons (Fsp3) is 0.750. The van der Waals surface area contributed by atoms with E-state index in [2.05, 4.69) is 0 Å². The molecular weight excluding hydrogens is 190 g/mol. The summed E-state index contributed by atoms with van der Waals surface area (Å²) in [4.78, 5) is 23.4. The van der Waals surface area contributed by atoms with Crippen molar-refractivity contribution in [1.82, 2.24) is 4.90 Å². The number of ether oxygens (including phenoxy) is 1. The molecule has 0 radical (unpaired) electrons. The summed E-state index contributed by atoms with van der Waals surface area (Å²) in [5, 5.41) is -0.200. The highest BCUT2D eigenvalue weighted by Crippen LogP contribution is 2.18. The van der Waals surface area contributed by atoms with E-state index in [9.17, 15) is 9.59 Å². The maximum atomic E-state index is 11.2. The van der Waals surface area contributed by atoms with Gasteiger partial charge in [-0.3, -0.25) is 4.79 Å². The zero-order valence-electron chi connectivity index (χ0n) is 7.78. The van der Waals surface area contributed by atoms with E-state index in [-0.39, 0.29) is 5.24 Å². The Bertz CT molecular complexity index is 217. The van der Waals surface area contributed by atoms with E-state index in [4.69, 9.17) is 4.74 Å². The topological polar surface area (TPSA) is 46.6 Å². The van der Waals surface area contributed by atoms with Gasteiger partial charge in [-0.15, -0.1) is 0 Å². The van der Waals surface area contributed by atoms with Crippen LogP contribution in [-0.4, -0.2) is 35.1 Å². The van der Waals surface area contributed by atoms with Crippen LogP contribution in [0.3, 0.4) is 0 Å². The third-order valence-corrected chi connectivity index (χ3v) is 2.38. The second-order valence-electron chi connectivity index (χ2n) is 3.24. The first kappa shape index (κ1) is 10.4. The van der Waals surface area contributed by atoms with Gasteiger partial charge in [-0.2, -0.15) is 0 Å². The number of carbonyl (C=O) groups excluding carboxylic acids is 2. The van der Waals surface area contributed by atoms with Crippen LogP contribution in [0, 0.1) is 5.92 Å². The largest absolute Gasteiger partial charge is 0.449 e. The van der Waals surface area contributed by atoms with E-state index >= 15 is 0 Å². The molecule has 13 heavy (non-hydrogen) atoms. The molecule has 1 fully saturated rings. The van der Waals surface area contributed by atoms with Gasteiger partial charge in [0.25, 0.3) is 5.24 Å². The minimum absolute atomic E-state index is 0.200. The Morgan fingerprint density at radius 2 is 2.38 bits per heavy atom. The van der Waals surface area contributed by atoms with Crippen LogP contribution >= 0.6 is 11.8 Å². The number of nitrogens with zero attached hydrogens (tertiary/aromatic N) is 1. The van der Waals surface area contributed by atoms with E-state index in [1.165, 1.54) is 0 Å². The van der Waals surface area contributed by atoms with Crippen molar-refractivity contribution in [1.29, 1.82) is 0 Å². The van der Waals surface area contributed by atoms with Crippen LogP contribution in [0.15, 0.2) is 0 Å². The van der Waals surface area contributed by atoms with Gasteiger partial charge < -0.3 is 4.74 Å². The summed E-state index contributed by atoms with van der Waals surface area (Å²) in [5.41, 5.74) is 0. The van der Waals surface area contributed by atoms with E-state index in [0.29, 0.717) is 24.8 Å². The van der Waals surface area contributed by atoms with Crippen molar-refractivity contribution in [3.8, 4) is 0 Å². The number of imide groups is 1. The normalized spacial score (nSPS) is 16.8. The standard InChI is InChI=1S/C8H13NO3S/c1-6(2)5-12-7(10)9-3-4-13-8(9)11/h6H,3-5H2,1-2H3. The van der Waals surface area contributed by atoms with Gasteiger partial charge in [0.2, 0.25) is 0 Å². The molecule has 1 aliphatic heterocycles. The molecule has 74 valence electrons. The molecule has 1 saturated heterocycles. The Labute approximate surface area is 81.6 Å². The average Bonchev–Trinajstić information content (AvgIpc) is 2.47. The third kappa shape index (κ3) is 2.91. The van der Waals surface area contributed by atoms with Gasteiger partial charge in [-0.05, 0) is 5.92 Å². The molecule has 0 saturated carbocycles. The van der Waals surface area contributed by atoms with Gasteiger partial charge in [0, 0.05) is 12.3 Å². The quantitative estimate of drug-likeness (QED) is 0.688. The summed E-state index contributed by atoms with van der Waals surface area (Å²) >= 11 is 1.15.